The van der Waals surface area contributed by atoms with Gasteiger partial charge in [-0.3, -0.25) is 0 Å². The summed E-state index contributed by atoms with van der Waals surface area (Å²) < 4.78 is 38.9. The van der Waals surface area contributed by atoms with E-state index in [4.69, 9.17) is 0 Å². The molecule has 0 spiro atoms. The van der Waals surface area contributed by atoms with Gasteiger partial charge < -0.3 is 10.2 Å². The molecule has 0 aromatic heterocycles. The van der Waals surface area contributed by atoms with E-state index in [0.29, 0.717) is 24.7 Å². The second-order valence-corrected chi connectivity index (χ2v) is 4.77. The van der Waals surface area contributed by atoms with Gasteiger partial charge >= 0.3 is 6.18 Å². The first kappa shape index (κ1) is 13.2. The fourth-order valence-corrected chi connectivity index (χ4v) is 2.30. The monoisotopic (exact) mass is 258 g/mol. The number of nitrogens with one attached hydrogen (secondary N) is 1. The molecule has 0 radical (unpaired) electrons. The van der Waals surface area contributed by atoms with E-state index in [0.717, 1.165) is 19.2 Å². The fourth-order valence-electron chi connectivity index (χ4n) is 2.30. The van der Waals surface area contributed by atoms with Gasteiger partial charge in [0.05, 0.1) is 5.56 Å². The van der Waals surface area contributed by atoms with Crippen molar-refractivity contribution in [3.05, 3.63) is 29.8 Å². The Morgan fingerprint density at radius 1 is 1.28 bits per heavy atom. The summed E-state index contributed by atoms with van der Waals surface area (Å²) in [5.74, 6) is 0.341. The molecule has 1 aliphatic rings. The lowest BCUT2D eigenvalue weighted by Crippen LogP contribution is -2.31. The van der Waals surface area contributed by atoms with E-state index < -0.39 is 11.7 Å². The Morgan fingerprint density at radius 2 is 2.00 bits per heavy atom. The predicted octanol–water partition coefficient (Wildman–Crippen LogP) is 2.75. The average molecular weight is 258 g/mol. The standard InChI is InChI=1S/C13H17F3N2/c1-10-8-17-6-7-18(9-10)12-5-3-2-4-11(12)13(14,15)16/h2-5,10,17H,6-9H2,1H3. The van der Waals surface area contributed by atoms with Gasteiger partial charge in [-0.1, -0.05) is 19.1 Å². The van der Waals surface area contributed by atoms with Crippen LogP contribution < -0.4 is 10.2 Å². The molecular formula is C13H17F3N2. The lowest BCUT2D eigenvalue weighted by Gasteiger charge is -2.27. The maximum absolute atomic E-state index is 13.0. The molecule has 1 fully saturated rings. The molecule has 0 aliphatic carbocycles. The van der Waals surface area contributed by atoms with Crippen molar-refractivity contribution >= 4 is 5.69 Å². The van der Waals surface area contributed by atoms with E-state index >= 15 is 0 Å². The van der Waals surface area contributed by atoms with Crippen LogP contribution in [-0.2, 0) is 6.18 Å². The van der Waals surface area contributed by atoms with E-state index in [2.05, 4.69) is 5.32 Å². The van der Waals surface area contributed by atoms with Gasteiger partial charge in [0.2, 0.25) is 0 Å². The van der Waals surface area contributed by atoms with Gasteiger partial charge in [0.15, 0.2) is 0 Å². The van der Waals surface area contributed by atoms with Gasteiger partial charge in [-0.05, 0) is 24.6 Å². The molecule has 0 saturated carbocycles. The van der Waals surface area contributed by atoms with E-state index in [1.165, 1.54) is 6.07 Å². The van der Waals surface area contributed by atoms with Crippen molar-refractivity contribution in [2.75, 3.05) is 31.1 Å². The number of hydrogen-bond donors (Lipinski definition) is 1. The van der Waals surface area contributed by atoms with Gasteiger partial charge in [-0.15, -0.1) is 0 Å². The van der Waals surface area contributed by atoms with Gasteiger partial charge in [-0.25, -0.2) is 0 Å². The summed E-state index contributed by atoms with van der Waals surface area (Å²) in [5, 5.41) is 3.23. The number of anilines is 1. The number of benzene rings is 1. The molecule has 1 atom stereocenters. The number of nitrogens with zero attached hydrogens (tertiary/aromatic N) is 1. The average Bonchev–Trinajstić information content (AvgIpc) is 2.53. The van der Waals surface area contributed by atoms with E-state index in [1.54, 1.807) is 12.1 Å². The zero-order chi connectivity index (χ0) is 13.2. The highest BCUT2D eigenvalue weighted by molar-refractivity contribution is 5.55. The van der Waals surface area contributed by atoms with Crippen LogP contribution >= 0.6 is 0 Å². The van der Waals surface area contributed by atoms with Crippen LogP contribution in [0.25, 0.3) is 0 Å². The number of halogens is 3. The highest BCUT2D eigenvalue weighted by Crippen LogP contribution is 2.36. The third-order valence-electron chi connectivity index (χ3n) is 3.13. The first-order chi connectivity index (χ1) is 8.48. The number of para-hydroxylation sites is 1. The summed E-state index contributed by atoms with van der Waals surface area (Å²) in [5.41, 5.74) is -0.250. The third-order valence-corrected chi connectivity index (χ3v) is 3.13. The molecular weight excluding hydrogens is 241 g/mol. The summed E-state index contributed by atoms with van der Waals surface area (Å²) >= 11 is 0. The van der Waals surface area contributed by atoms with Crippen molar-refractivity contribution < 1.29 is 13.2 Å². The molecule has 1 heterocycles. The Kier molecular flexibility index (Phi) is 3.80. The van der Waals surface area contributed by atoms with Crippen LogP contribution in [0.15, 0.2) is 24.3 Å². The molecule has 18 heavy (non-hydrogen) atoms. The van der Waals surface area contributed by atoms with Crippen LogP contribution in [0.3, 0.4) is 0 Å². The molecule has 1 aliphatic heterocycles. The van der Waals surface area contributed by atoms with Crippen LogP contribution in [0.4, 0.5) is 18.9 Å². The van der Waals surface area contributed by atoms with E-state index in [-0.39, 0.29) is 0 Å². The van der Waals surface area contributed by atoms with Crippen molar-refractivity contribution in [1.29, 1.82) is 0 Å². The van der Waals surface area contributed by atoms with Crippen molar-refractivity contribution in [3.63, 3.8) is 0 Å². The van der Waals surface area contributed by atoms with Gasteiger partial charge in [-0.2, -0.15) is 13.2 Å². The van der Waals surface area contributed by atoms with Gasteiger partial charge in [0.25, 0.3) is 0 Å². The Bertz CT molecular complexity index is 403. The van der Waals surface area contributed by atoms with Crippen LogP contribution in [0, 0.1) is 5.92 Å². The molecule has 0 amide bonds. The predicted molar refractivity (Wildman–Crippen MR) is 65.7 cm³/mol. The molecule has 1 aromatic rings. The minimum atomic E-state index is -4.29. The smallest absolute Gasteiger partial charge is 0.369 e. The lowest BCUT2D eigenvalue weighted by molar-refractivity contribution is -0.137. The van der Waals surface area contributed by atoms with Gasteiger partial charge in [0, 0.05) is 25.3 Å². The Morgan fingerprint density at radius 3 is 2.72 bits per heavy atom. The van der Waals surface area contributed by atoms with Crippen LogP contribution in [0.5, 0.6) is 0 Å². The normalized spacial score (nSPS) is 21.8. The van der Waals surface area contributed by atoms with Crippen molar-refractivity contribution in [2.45, 2.75) is 13.1 Å². The zero-order valence-electron chi connectivity index (χ0n) is 10.3. The molecule has 1 N–H and O–H groups in total. The first-order valence-corrected chi connectivity index (χ1v) is 6.10. The number of rotatable bonds is 1. The molecule has 2 rings (SSSR count). The fraction of sp³-hybridized carbons (Fsp3) is 0.538. The second-order valence-electron chi connectivity index (χ2n) is 4.77. The Balaban J connectivity index is 2.32. The molecule has 0 bridgehead atoms. The van der Waals surface area contributed by atoms with Crippen LogP contribution in [0.1, 0.15) is 12.5 Å². The van der Waals surface area contributed by atoms with Crippen molar-refractivity contribution in [2.24, 2.45) is 5.92 Å². The van der Waals surface area contributed by atoms with Gasteiger partial charge in [0.1, 0.15) is 0 Å². The minimum absolute atomic E-state index is 0.292. The van der Waals surface area contributed by atoms with Crippen molar-refractivity contribution in [1.82, 2.24) is 5.32 Å². The topological polar surface area (TPSA) is 15.3 Å². The Labute approximate surface area is 105 Å². The van der Waals surface area contributed by atoms with Crippen LogP contribution in [-0.4, -0.2) is 26.2 Å². The van der Waals surface area contributed by atoms with Crippen LogP contribution in [0.2, 0.25) is 0 Å². The molecule has 1 unspecified atom stereocenters. The third kappa shape index (κ3) is 2.96. The number of hydrogen-bond acceptors (Lipinski definition) is 2. The highest BCUT2D eigenvalue weighted by atomic mass is 19.4. The summed E-state index contributed by atoms with van der Waals surface area (Å²) in [6.45, 7) is 4.88. The quantitative estimate of drug-likeness (QED) is 0.833. The lowest BCUT2D eigenvalue weighted by atomic mass is 10.1. The minimum Gasteiger partial charge on any atom is -0.369 e. The SMILES string of the molecule is CC1CNCCN(c2ccccc2C(F)(F)F)C1. The number of alkyl halides is 3. The molecule has 100 valence electrons. The summed E-state index contributed by atoms with van der Waals surface area (Å²) in [6.07, 6.45) is -4.29. The summed E-state index contributed by atoms with van der Waals surface area (Å²) in [4.78, 5) is 1.83. The molecule has 1 aromatic carbocycles. The zero-order valence-corrected chi connectivity index (χ0v) is 10.3. The largest absolute Gasteiger partial charge is 0.418 e. The summed E-state index contributed by atoms with van der Waals surface area (Å²) in [6, 6.07) is 5.80. The Hall–Kier alpha value is -1.23. The maximum Gasteiger partial charge on any atom is 0.418 e. The molecule has 2 nitrogen and oxygen atoms in total. The first-order valence-electron chi connectivity index (χ1n) is 6.10. The van der Waals surface area contributed by atoms with E-state index in [9.17, 15) is 13.2 Å². The molecule has 1 saturated heterocycles. The molecule has 5 heteroatoms. The van der Waals surface area contributed by atoms with E-state index in [1.807, 2.05) is 11.8 Å². The highest BCUT2D eigenvalue weighted by Gasteiger charge is 2.34. The maximum atomic E-state index is 13.0. The second kappa shape index (κ2) is 5.18. The summed E-state index contributed by atoms with van der Waals surface area (Å²) in [7, 11) is 0. The van der Waals surface area contributed by atoms with Crippen molar-refractivity contribution in [3.8, 4) is 0 Å².